The van der Waals surface area contributed by atoms with Gasteiger partial charge in [0.2, 0.25) is 5.89 Å². The van der Waals surface area contributed by atoms with Gasteiger partial charge in [-0.15, -0.1) is 0 Å². The fraction of sp³-hybridized carbons (Fsp3) is 0.467. The molecule has 1 unspecified atom stereocenters. The van der Waals surface area contributed by atoms with Crippen LogP contribution in [0.4, 0.5) is 5.69 Å². The first-order valence-electron chi connectivity index (χ1n) is 7.08. The summed E-state index contributed by atoms with van der Waals surface area (Å²) in [5.41, 5.74) is 0.748. The number of nitro benzene ring substituents is 1. The minimum Gasteiger partial charge on any atom is -0.338 e. The molecule has 1 N–H and O–H groups in total. The average molecular weight is 304 g/mol. The van der Waals surface area contributed by atoms with Crippen LogP contribution >= 0.6 is 0 Å². The third-order valence-electron chi connectivity index (χ3n) is 3.22. The molecule has 1 aromatic carbocycles. The lowest BCUT2D eigenvalue weighted by molar-refractivity contribution is -0.384. The fourth-order valence-corrected chi connectivity index (χ4v) is 1.85. The van der Waals surface area contributed by atoms with Gasteiger partial charge in [-0.3, -0.25) is 10.1 Å². The van der Waals surface area contributed by atoms with Gasteiger partial charge in [-0.25, -0.2) is 0 Å². The highest BCUT2D eigenvalue weighted by molar-refractivity contribution is 5.34. The first kappa shape index (κ1) is 16.1. The zero-order valence-electron chi connectivity index (χ0n) is 13.2. The number of nitrogens with zero attached hydrogens (tertiary/aromatic N) is 3. The molecular formula is C15H20N4O3. The van der Waals surface area contributed by atoms with Crippen LogP contribution in [0.3, 0.4) is 0 Å². The fourth-order valence-electron chi connectivity index (χ4n) is 1.85. The highest BCUT2D eigenvalue weighted by Gasteiger charge is 2.23. The third-order valence-corrected chi connectivity index (χ3v) is 3.22. The molecule has 1 atom stereocenters. The number of nitrogens with one attached hydrogen (secondary N) is 1. The molecule has 2 rings (SSSR count). The van der Waals surface area contributed by atoms with Crippen LogP contribution in [-0.4, -0.2) is 15.1 Å². The maximum absolute atomic E-state index is 10.8. The smallest absolute Gasteiger partial charge is 0.269 e. The number of rotatable bonds is 5. The molecule has 1 aromatic heterocycles. The van der Waals surface area contributed by atoms with Crippen LogP contribution in [0.1, 0.15) is 51.0 Å². The molecule has 1 heterocycles. The molecule has 7 nitrogen and oxygen atoms in total. The Balaban J connectivity index is 2.01. The Hall–Kier alpha value is -2.28. The largest absolute Gasteiger partial charge is 0.338 e. The second-order valence-electron chi connectivity index (χ2n) is 6.24. The van der Waals surface area contributed by atoms with E-state index >= 15 is 0 Å². The topological polar surface area (TPSA) is 94.1 Å². The Kier molecular flexibility index (Phi) is 4.56. The molecule has 0 radical (unpaired) electrons. The first-order valence-corrected chi connectivity index (χ1v) is 7.08. The second kappa shape index (κ2) is 6.23. The van der Waals surface area contributed by atoms with Crippen LogP contribution in [-0.2, 0) is 12.0 Å². The Morgan fingerprint density at radius 2 is 2.14 bits per heavy atom. The lowest BCUT2D eigenvalue weighted by atomic mass is 9.96. The van der Waals surface area contributed by atoms with Gasteiger partial charge in [0.05, 0.1) is 11.0 Å². The maximum Gasteiger partial charge on any atom is 0.269 e. The van der Waals surface area contributed by atoms with Gasteiger partial charge >= 0.3 is 0 Å². The molecule has 0 aliphatic rings. The van der Waals surface area contributed by atoms with E-state index in [1.165, 1.54) is 6.07 Å². The Morgan fingerprint density at radius 3 is 2.73 bits per heavy atom. The minimum atomic E-state index is -0.402. The third kappa shape index (κ3) is 3.88. The van der Waals surface area contributed by atoms with Gasteiger partial charge in [0, 0.05) is 24.1 Å². The lowest BCUT2D eigenvalue weighted by Gasteiger charge is -2.12. The van der Waals surface area contributed by atoms with Crippen LogP contribution in [0.25, 0.3) is 0 Å². The van der Waals surface area contributed by atoms with Crippen molar-refractivity contribution in [1.82, 2.24) is 15.5 Å². The monoisotopic (exact) mass is 304 g/mol. The summed E-state index contributed by atoms with van der Waals surface area (Å²) >= 11 is 0. The predicted octanol–water partition coefficient (Wildman–Crippen LogP) is 3.13. The normalized spacial score (nSPS) is 13.1. The first-order chi connectivity index (χ1) is 10.3. The molecule has 0 spiro atoms. The summed E-state index contributed by atoms with van der Waals surface area (Å²) in [6, 6.07) is 6.39. The Labute approximate surface area is 128 Å². The molecule has 0 saturated carbocycles. The summed E-state index contributed by atoms with van der Waals surface area (Å²) in [7, 11) is 0. The van der Waals surface area contributed by atoms with Crippen molar-refractivity contribution in [3.05, 3.63) is 51.7 Å². The molecule has 0 aliphatic heterocycles. The number of aromatic nitrogens is 2. The SMILES string of the molecule is CC(NCc1cccc([N+](=O)[O-])c1)c1nc(C(C)(C)C)no1. The summed E-state index contributed by atoms with van der Waals surface area (Å²) in [5, 5.41) is 18.0. The van der Waals surface area contributed by atoms with E-state index in [9.17, 15) is 10.1 Å². The van der Waals surface area contributed by atoms with Crippen molar-refractivity contribution in [3.63, 3.8) is 0 Å². The van der Waals surface area contributed by atoms with Crippen LogP contribution in [0.2, 0.25) is 0 Å². The molecular weight excluding hydrogens is 284 g/mol. The van der Waals surface area contributed by atoms with Crippen molar-refractivity contribution in [3.8, 4) is 0 Å². The van der Waals surface area contributed by atoms with Crippen LogP contribution in [0.5, 0.6) is 0 Å². The van der Waals surface area contributed by atoms with Gasteiger partial charge in [-0.05, 0) is 12.5 Å². The van der Waals surface area contributed by atoms with Gasteiger partial charge in [0.15, 0.2) is 5.82 Å². The highest BCUT2D eigenvalue weighted by Crippen LogP contribution is 2.21. The van der Waals surface area contributed by atoms with E-state index in [-0.39, 0.29) is 17.1 Å². The standard InChI is InChI=1S/C15H20N4O3/c1-10(13-17-14(18-22-13)15(2,3)4)16-9-11-6-5-7-12(8-11)19(20)21/h5-8,10,16H,9H2,1-4H3. The van der Waals surface area contributed by atoms with Crippen molar-refractivity contribution in [2.45, 2.75) is 45.7 Å². The quantitative estimate of drug-likeness (QED) is 0.673. The van der Waals surface area contributed by atoms with Gasteiger partial charge in [0.25, 0.3) is 5.69 Å². The van der Waals surface area contributed by atoms with Gasteiger partial charge < -0.3 is 9.84 Å². The van der Waals surface area contributed by atoms with E-state index in [2.05, 4.69) is 15.5 Å². The second-order valence-corrected chi connectivity index (χ2v) is 6.24. The van der Waals surface area contributed by atoms with Gasteiger partial charge in [-0.2, -0.15) is 4.98 Å². The number of benzene rings is 1. The summed E-state index contributed by atoms with van der Waals surface area (Å²) in [4.78, 5) is 14.8. The summed E-state index contributed by atoms with van der Waals surface area (Å²) < 4.78 is 5.27. The summed E-state index contributed by atoms with van der Waals surface area (Å²) in [6.45, 7) is 8.45. The van der Waals surface area contributed by atoms with E-state index < -0.39 is 4.92 Å². The van der Waals surface area contributed by atoms with Crippen LogP contribution in [0, 0.1) is 10.1 Å². The van der Waals surface area contributed by atoms with Crippen LogP contribution < -0.4 is 5.32 Å². The maximum atomic E-state index is 10.8. The number of hydrogen-bond donors (Lipinski definition) is 1. The number of non-ortho nitro benzene ring substituents is 1. The molecule has 22 heavy (non-hydrogen) atoms. The molecule has 0 aliphatic carbocycles. The molecule has 2 aromatic rings. The minimum absolute atomic E-state index is 0.0831. The lowest BCUT2D eigenvalue weighted by Crippen LogP contribution is -2.19. The Bertz CT molecular complexity index is 661. The molecule has 7 heteroatoms. The van der Waals surface area contributed by atoms with Gasteiger partial charge in [-0.1, -0.05) is 38.1 Å². The van der Waals surface area contributed by atoms with Gasteiger partial charge in [0.1, 0.15) is 0 Å². The molecule has 0 amide bonds. The van der Waals surface area contributed by atoms with E-state index in [1.54, 1.807) is 12.1 Å². The van der Waals surface area contributed by atoms with E-state index in [0.717, 1.165) is 5.56 Å². The Morgan fingerprint density at radius 1 is 1.41 bits per heavy atom. The molecule has 0 bridgehead atoms. The van der Waals surface area contributed by atoms with E-state index in [0.29, 0.717) is 18.3 Å². The predicted molar refractivity (Wildman–Crippen MR) is 81.3 cm³/mol. The van der Waals surface area contributed by atoms with E-state index in [4.69, 9.17) is 4.52 Å². The van der Waals surface area contributed by atoms with Crippen molar-refractivity contribution in [2.75, 3.05) is 0 Å². The number of nitro groups is 1. The molecule has 118 valence electrons. The summed E-state index contributed by atoms with van der Waals surface area (Å²) in [6.07, 6.45) is 0. The molecule has 0 saturated heterocycles. The van der Waals surface area contributed by atoms with Crippen LogP contribution in [0.15, 0.2) is 28.8 Å². The van der Waals surface area contributed by atoms with Crippen molar-refractivity contribution in [1.29, 1.82) is 0 Å². The highest BCUT2D eigenvalue weighted by atomic mass is 16.6. The van der Waals surface area contributed by atoms with Crippen molar-refractivity contribution >= 4 is 5.69 Å². The van der Waals surface area contributed by atoms with E-state index in [1.807, 2.05) is 33.8 Å². The zero-order valence-corrected chi connectivity index (χ0v) is 13.2. The van der Waals surface area contributed by atoms with Crippen molar-refractivity contribution < 1.29 is 9.45 Å². The summed E-state index contributed by atoms with van der Waals surface area (Å²) in [5.74, 6) is 1.17. The molecule has 0 fully saturated rings. The zero-order chi connectivity index (χ0) is 16.3. The average Bonchev–Trinajstić information content (AvgIpc) is 2.95. The number of hydrogen-bond acceptors (Lipinski definition) is 6. The van der Waals surface area contributed by atoms with Crippen molar-refractivity contribution in [2.24, 2.45) is 0 Å².